The van der Waals surface area contributed by atoms with Gasteiger partial charge in [0, 0.05) is 0 Å². The summed E-state index contributed by atoms with van der Waals surface area (Å²) >= 11 is 0. The summed E-state index contributed by atoms with van der Waals surface area (Å²) in [7, 11) is 0. The predicted molar refractivity (Wildman–Crippen MR) is 33.2 cm³/mol. The number of hydrogen-bond acceptors (Lipinski definition) is 2. The highest BCUT2D eigenvalue weighted by Crippen LogP contribution is 2.42. The average molecular weight is 128 g/mol. The first kappa shape index (κ1) is 5.69. The van der Waals surface area contributed by atoms with Crippen molar-refractivity contribution >= 4 is 0 Å². The van der Waals surface area contributed by atoms with Crippen molar-refractivity contribution in [1.82, 2.24) is 0 Å². The molecule has 0 aromatic rings. The van der Waals surface area contributed by atoms with E-state index in [1.54, 1.807) is 0 Å². The van der Waals surface area contributed by atoms with Crippen LogP contribution in [0.3, 0.4) is 0 Å². The highest BCUT2D eigenvalue weighted by atomic mass is 16.5. The van der Waals surface area contributed by atoms with Crippen molar-refractivity contribution in [1.29, 1.82) is 0 Å². The maximum Gasteiger partial charge on any atom is 0.0917 e. The zero-order valence-corrected chi connectivity index (χ0v) is 5.47. The van der Waals surface area contributed by atoms with Gasteiger partial charge < -0.3 is 9.84 Å². The Labute approximate surface area is 54.8 Å². The van der Waals surface area contributed by atoms with Crippen LogP contribution in [0.15, 0.2) is 0 Å². The van der Waals surface area contributed by atoms with Crippen LogP contribution in [0.1, 0.15) is 25.7 Å². The van der Waals surface area contributed by atoms with Crippen LogP contribution >= 0.6 is 0 Å². The molecule has 2 bridgehead atoms. The fraction of sp³-hybridized carbons (Fsp3) is 1.00. The molecule has 0 amide bonds. The van der Waals surface area contributed by atoms with Crippen molar-refractivity contribution in [2.24, 2.45) is 0 Å². The van der Waals surface area contributed by atoms with E-state index >= 15 is 0 Å². The molecule has 2 heterocycles. The van der Waals surface area contributed by atoms with Gasteiger partial charge in [-0.3, -0.25) is 0 Å². The van der Waals surface area contributed by atoms with Gasteiger partial charge in [0.25, 0.3) is 0 Å². The van der Waals surface area contributed by atoms with Crippen molar-refractivity contribution in [3.8, 4) is 0 Å². The molecular weight excluding hydrogens is 116 g/mol. The number of hydrogen-bond donors (Lipinski definition) is 1. The molecule has 52 valence electrons. The van der Waals surface area contributed by atoms with E-state index in [0.717, 1.165) is 12.8 Å². The van der Waals surface area contributed by atoms with Crippen LogP contribution in [-0.4, -0.2) is 23.4 Å². The highest BCUT2D eigenvalue weighted by Gasteiger charge is 2.45. The summed E-state index contributed by atoms with van der Waals surface area (Å²) in [5.74, 6) is 0. The molecule has 0 aromatic carbocycles. The van der Waals surface area contributed by atoms with E-state index in [2.05, 4.69) is 0 Å². The van der Waals surface area contributed by atoms with E-state index in [0.29, 0.717) is 6.10 Å². The van der Waals surface area contributed by atoms with Crippen LogP contribution in [0.2, 0.25) is 0 Å². The van der Waals surface area contributed by atoms with Crippen LogP contribution in [0.25, 0.3) is 0 Å². The second-order valence-electron chi connectivity index (χ2n) is 3.16. The molecule has 0 radical (unpaired) electrons. The molecule has 0 unspecified atom stereocenters. The Bertz CT molecular complexity index is 114. The number of rotatable bonds is 1. The van der Waals surface area contributed by atoms with Gasteiger partial charge in [-0.15, -0.1) is 0 Å². The van der Waals surface area contributed by atoms with Crippen molar-refractivity contribution in [2.45, 2.75) is 37.4 Å². The number of ether oxygens (including phenoxy) is 1. The summed E-state index contributed by atoms with van der Waals surface area (Å²) in [6, 6.07) is 0. The summed E-state index contributed by atoms with van der Waals surface area (Å²) in [5.41, 5.74) is -0.0926. The third kappa shape index (κ3) is 0.700. The zero-order valence-electron chi connectivity index (χ0n) is 5.47. The molecule has 9 heavy (non-hydrogen) atoms. The smallest absolute Gasteiger partial charge is 0.0917 e. The second-order valence-corrected chi connectivity index (χ2v) is 3.16. The van der Waals surface area contributed by atoms with Gasteiger partial charge in [0.1, 0.15) is 0 Å². The van der Waals surface area contributed by atoms with E-state index in [1.165, 1.54) is 12.8 Å². The highest BCUT2D eigenvalue weighted by molar-refractivity contribution is 4.95. The fourth-order valence-electron chi connectivity index (χ4n) is 1.90. The summed E-state index contributed by atoms with van der Waals surface area (Å²) in [6.45, 7) is 0.226. The summed E-state index contributed by atoms with van der Waals surface area (Å²) in [6.07, 6.45) is 4.97. The Hall–Kier alpha value is -0.0800. The minimum atomic E-state index is -0.0926. The Morgan fingerprint density at radius 1 is 1.44 bits per heavy atom. The summed E-state index contributed by atoms with van der Waals surface area (Å²) in [4.78, 5) is 0. The molecule has 2 heteroatoms. The van der Waals surface area contributed by atoms with E-state index < -0.39 is 0 Å². The third-order valence-corrected chi connectivity index (χ3v) is 2.55. The van der Waals surface area contributed by atoms with E-state index in [1.807, 2.05) is 0 Å². The molecule has 0 spiro atoms. The maximum atomic E-state index is 8.92. The topological polar surface area (TPSA) is 29.5 Å². The Morgan fingerprint density at radius 3 is 2.33 bits per heavy atom. The van der Waals surface area contributed by atoms with Gasteiger partial charge in [0.2, 0.25) is 0 Å². The number of aliphatic hydroxyl groups is 1. The fourth-order valence-corrected chi connectivity index (χ4v) is 1.90. The van der Waals surface area contributed by atoms with Gasteiger partial charge in [0.05, 0.1) is 18.3 Å². The Balaban J connectivity index is 2.13. The first-order valence-electron chi connectivity index (χ1n) is 3.63. The molecule has 0 aromatic heterocycles. The lowest BCUT2D eigenvalue weighted by molar-refractivity contribution is -0.0272. The molecule has 2 aliphatic rings. The summed E-state index contributed by atoms with van der Waals surface area (Å²) in [5, 5.41) is 8.92. The van der Waals surface area contributed by atoms with Crippen LogP contribution in [0.4, 0.5) is 0 Å². The van der Waals surface area contributed by atoms with Crippen LogP contribution < -0.4 is 0 Å². The Morgan fingerprint density at radius 2 is 2.11 bits per heavy atom. The summed E-state index contributed by atoms with van der Waals surface area (Å²) < 4.78 is 5.56. The molecule has 0 atom stereocenters. The largest absolute Gasteiger partial charge is 0.393 e. The van der Waals surface area contributed by atoms with E-state index in [9.17, 15) is 0 Å². The lowest BCUT2D eigenvalue weighted by atomic mass is 9.89. The first-order valence-corrected chi connectivity index (χ1v) is 3.63. The lowest BCUT2D eigenvalue weighted by Gasteiger charge is -2.20. The van der Waals surface area contributed by atoms with Crippen molar-refractivity contribution in [3.05, 3.63) is 0 Å². The van der Waals surface area contributed by atoms with Crippen molar-refractivity contribution < 1.29 is 9.84 Å². The van der Waals surface area contributed by atoms with Crippen LogP contribution in [-0.2, 0) is 4.74 Å². The predicted octanol–water partition coefficient (Wildman–Crippen LogP) is 0.690. The van der Waals surface area contributed by atoms with Crippen molar-refractivity contribution in [3.63, 3.8) is 0 Å². The minimum absolute atomic E-state index is 0.0926. The van der Waals surface area contributed by atoms with Gasteiger partial charge >= 0.3 is 0 Å². The van der Waals surface area contributed by atoms with E-state index in [-0.39, 0.29) is 12.2 Å². The lowest BCUT2D eigenvalue weighted by Crippen LogP contribution is -2.28. The van der Waals surface area contributed by atoms with Gasteiger partial charge in [-0.25, -0.2) is 0 Å². The van der Waals surface area contributed by atoms with E-state index in [4.69, 9.17) is 9.84 Å². The molecule has 2 fully saturated rings. The standard InChI is InChI=1S/C7H12O2/c8-5-7-3-1-6(9-7)2-4-7/h6,8H,1-5H2. The molecule has 2 nitrogen and oxygen atoms in total. The molecule has 0 saturated carbocycles. The maximum absolute atomic E-state index is 8.92. The van der Waals surface area contributed by atoms with Crippen LogP contribution in [0, 0.1) is 0 Å². The normalized spacial score (nSPS) is 48.3. The molecule has 2 rings (SSSR count). The Kier molecular flexibility index (Phi) is 1.08. The molecule has 2 aliphatic heterocycles. The third-order valence-electron chi connectivity index (χ3n) is 2.55. The second kappa shape index (κ2) is 1.70. The average Bonchev–Trinajstić information content (AvgIpc) is 2.46. The van der Waals surface area contributed by atoms with Crippen LogP contribution in [0.5, 0.6) is 0 Å². The minimum Gasteiger partial charge on any atom is -0.393 e. The van der Waals surface area contributed by atoms with Gasteiger partial charge in [0.15, 0.2) is 0 Å². The van der Waals surface area contributed by atoms with Gasteiger partial charge in [-0.05, 0) is 25.7 Å². The SMILES string of the molecule is OCC12CCC(CC1)O2. The molecule has 1 N–H and O–H groups in total. The number of aliphatic hydroxyl groups excluding tert-OH is 1. The molecular formula is C7H12O2. The first-order chi connectivity index (χ1) is 4.35. The quantitative estimate of drug-likeness (QED) is 0.563. The van der Waals surface area contributed by atoms with Gasteiger partial charge in [-0.2, -0.15) is 0 Å². The zero-order chi connectivity index (χ0) is 6.32. The molecule has 0 aliphatic carbocycles. The van der Waals surface area contributed by atoms with Gasteiger partial charge in [-0.1, -0.05) is 0 Å². The molecule has 2 saturated heterocycles. The number of fused-ring (bicyclic) bond motifs is 2. The van der Waals surface area contributed by atoms with Crippen molar-refractivity contribution in [2.75, 3.05) is 6.61 Å². The monoisotopic (exact) mass is 128 g/mol.